The maximum Gasteiger partial charge on any atom is 0.285 e. The van der Waals surface area contributed by atoms with E-state index in [2.05, 4.69) is 25.4 Å². The van der Waals surface area contributed by atoms with Gasteiger partial charge in [-0.15, -0.1) is 0 Å². The largest absolute Gasteiger partial charge is 0.342 e. The predicted molar refractivity (Wildman–Crippen MR) is 92.5 cm³/mol. The fraction of sp³-hybridized carbons (Fsp3) is 0.176. The molecule has 0 unspecified atom stereocenters. The molecule has 1 atom stereocenters. The minimum Gasteiger partial charge on any atom is -0.342 e. The number of H-pyrrole nitrogens is 2. The van der Waals surface area contributed by atoms with Gasteiger partial charge in [0.1, 0.15) is 11.4 Å². The van der Waals surface area contributed by atoms with Gasteiger partial charge in [0.2, 0.25) is 0 Å². The van der Waals surface area contributed by atoms with Crippen molar-refractivity contribution >= 4 is 22.6 Å². The Hall–Kier alpha value is -3.42. The van der Waals surface area contributed by atoms with Gasteiger partial charge < -0.3 is 10.3 Å². The molecule has 1 amide bonds. The summed E-state index contributed by atoms with van der Waals surface area (Å²) in [4.78, 5) is 36.7. The van der Waals surface area contributed by atoms with Crippen LogP contribution in [0.1, 0.15) is 34.8 Å². The number of aryl methyl sites for hydroxylation is 1. The summed E-state index contributed by atoms with van der Waals surface area (Å²) < 4.78 is 1.26. The van der Waals surface area contributed by atoms with Crippen molar-refractivity contribution in [3.8, 4) is 0 Å². The summed E-state index contributed by atoms with van der Waals surface area (Å²) in [5, 5.41) is 5.65. The average Bonchev–Trinajstić information content (AvgIpc) is 3.18. The molecule has 0 aliphatic rings. The third-order valence-electron chi connectivity index (χ3n) is 4.03. The molecule has 8 nitrogen and oxygen atoms in total. The lowest BCUT2D eigenvalue weighted by molar-refractivity contribution is 0.0936. The highest BCUT2D eigenvalue weighted by atomic mass is 16.2. The second kappa shape index (κ2) is 5.59. The molecule has 0 aliphatic carbocycles. The van der Waals surface area contributed by atoms with Crippen LogP contribution in [0.5, 0.6) is 0 Å². The first-order chi connectivity index (χ1) is 12.0. The molecule has 8 heteroatoms. The smallest absolute Gasteiger partial charge is 0.285 e. The predicted octanol–water partition coefficient (Wildman–Crippen LogP) is 1.70. The summed E-state index contributed by atoms with van der Waals surface area (Å²) >= 11 is 0. The molecule has 25 heavy (non-hydrogen) atoms. The van der Waals surface area contributed by atoms with Crippen LogP contribution in [-0.4, -0.2) is 30.5 Å². The van der Waals surface area contributed by atoms with Gasteiger partial charge >= 0.3 is 0 Å². The highest BCUT2D eigenvalue weighted by molar-refractivity contribution is 5.94. The quantitative estimate of drug-likeness (QED) is 0.529. The zero-order valence-corrected chi connectivity index (χ0v) is 13.7. The van der Waals surface area contributed by atoms with Gasteiger partial charge in [-0.25, -0.2) is 14.5 Å². The zero-order valence-electron chi connectivity index (χ0n) is 13.7. The number of imidazole rings is 1. The molecular weight excluding hydrogens is 320 g/mol. The standard InChI is InChI=1S/C17H16N6O2/c1-9-7-14-18-8-11(17(25)23(14)22-9)16(24)19-10(2)15-20-12-5-3-4-6-13(12)21-15/h3-8,10,22H,1-2H3,(H,19,24)(H,20,21)/t10-/m1/s1. The number of amides is 1. The Kier molecular flexibility index (Phi) is 3.38. The lowest BCUT2D eigenvalue weighted by atomic mass is 10.2. The second-order valence-electron chi connectivity index (χ2n) is 5.94. The van der Waals surface area contributed by atoms with Gasteiger partial charge in [0.05, 0.1) is 17.1 Å². The van der Waals surface area contributed by atoms with Crippen LogP contribution in [0.4, 0.5) is 0 Å². The van der Waals surface area contributed by atoms with E-state index in [1.807, 2.05) is 31.2 Å². The Morgan fingerprint density at radius 3 is 2.92 bits per heavy atom. The number of nitrogens with one attached hydrogen (secondary N) is 3. The first-order valence-corrected chi connectivity index (χ1v) is 7.86. The molecule has 3 heterocycles. The lowest BCUT2D eigenvalue weighted by Gasteiger charge is -2.11. The molecule has 0 saturated heterocycles. The van der Waals surface area contributed by atoms with Crippen molar-refractivity contribution in [2.45, 2.75) is 19.9 Å². The van der Waals surface area contributed by atoms with Crippen molar-refractivity contribution in [3.05, 3.63) is 64.0 Å². The molecule has 0 saturated carbocycles. The fourth-order valence-corrected chi connectivity index (χ4v) is 2.76. The average molecular weight is 336 g/mol. The van der Waals surface area contributed by atoms with Gasteiger partial charge in [0.25, 0.3) is 11.5 Å². The maximum atomic E-state index is 12.5. The Balaban J connectivity index is 1.63. The number of carbonyl (C=O) groups is 1. The van der Waals surface area contributed by atoms with Gasteiger partial charge in [-0.05, 0) is 26.0 Å². The Morgan fingerprint density at radius 2 is 2.12 bits per heavy atom. The van der Waals surface area contributed by atoms with Crippen LogP contribution in [0.25, 0.3) is 16.7 Å². The Morgan fingerprint density at radius 1 is 1.32 bits per heavy atom. The number of fused-ring (bicyclic) bond motifs is 2. The van der Waals surface area contributed by atoms with Crippen molar-refractivity contribution in [1.82, 2.24) is 29.9 Å². The Bertz CT molecular complexity index is 1120. The van der Waals surface area contributed by atoms with E-state index in [-0.39, 0.29) is 11.6 Å². The van der Waals surface area contributed by atoms with Gasteiger partial charge in [0, 0.05) is 18.0 Å². The number of para-hydroxylation sites is 2. The molecule has 3 N–H and O–H groups in total. The number of aromatic amines is 2. The van der Waals surface area contributed by atoms with Gasteiger partial charge in [-0.2, -0.15) is 0 Å². The zero-order chi connectivity index (χ0) is 17.6. The van der Waals surface area contributed by atoms with Crippen LogP contribution in [-0.2, 0) is 0 Å². The molecule has 0 bridgehead atoms. The van der Waals surface area contributed by atoms with E-state index in [0.29, 0.717) is 11.5 Å². The van der Waals surface area contributed by atoms with E-state index in [9.17, 15) is 9.59 Å². The molecule has 0 aliphatic heterocycles. The molecule has 126 valence electrons. The van der Waals surface area contributed by atoms with Crippen LogP contribution < -0.4 is 10.9 Å². The van der Waals surface area contributed by atoms with Crippen molar-refractivity contribution in [2.75, 3.05) is 0 Å². The van der Waals surface area contributed by atoms with Crippen molar-refractivity contribution in [3.63, 3.8) is 0 Å². The van der Waals surface area contributed by atoms with Crippen LogP contribution in [0.3, 0.4) is 0 Å². The molecule has 4 rings (SSSR count). The third-order valence-corrected chi connectivity index (χ3v) is 4.03. The van der Waals surface area contributed by atoms with Gasteiger partial charge in [-0.3, -0.25) is 14.7 Å². The number of benzene rings is 1. The first kappa shape index (κ1) is 15.1. The molecule has 0 fully saturated rings. The molecular formula is C17H16N6O2. The summed E-state index contributed by atoms with van der Waals surface area (Å²) in [6.07, 6.45) is 1.30. The van der Waals surface area contributed by atoms with Crippen molar-refractivity contribution in [1.29, 1.82) is 0 Å². The number of hydrogen-bond donors (Lipinski definition) is 3. The SMILES string of the molecule is Cc1cc2ncc(C(=O)N[C@H](C)c3nc4ccccc4[nH]3)c(=O)n2[nH]1. The summed E-state index contributed by atoms with van der Waals surface area (Å²) in [6, 6.07) is 8.97. The van der Waals surface area contributed by atoms with Gasteiger partial charge in [-0.1, -0.05) is 12.1 Å². The van der Waals surface area contributed by atoms with Gasteiger partial charge in [0.15, 0.2) is 5.65 Å². The summed E-state index contributed by atoms with van der Waals surface area (Å²) in [7, 11) is 0. The van der Waals surface area contributed by atoms with Crippen LogP contribution in [0.15, 0.2) is 41.3 Å². The van der Waals surface area contributed by atoms with E-state index in [0.717, 1.165) is 16.7 Å². The highest BCUT2D eigenvalue weighted by Gasteiger charge is 2.18. The number of aromatic nitrogens is 5. The number of hydrogen-bond acceptors (Lipinski definition) is 4. The summed E-state index contributed by atoms with van der Waals surface area (Å²) in [6.45, 7) is 3.62. The number of nitrogens with zero attached hydrogens (tertiary/aromatic N) is 3. The molecule has 0 spiro atoms. The highest BCUT2D eigenvalue weighted by Crippen LogP contribution is 2.15. The van der Waals surface area contributed by atoms with Crippen molar-refractivity contribution in [2.24, 2.45) is 0 Å². The third kappa shape index (κ3) is 2.57. The van der Waals surface area contributed by atoms with Crippen molar-refractivity contribution < 1.29 is 4.79 Å². The number of carbonyl (C=O) groups excluding carboxylic acids is 1. The minimum atomic E-state index is -0.493. The summed E-state index contributed by atoms with van der Waals surface area (Å²) in [5.74, 6) is 0.131. The molecule has 1 aromatic carbocycles. The van der Waals surface area contributed by atoms with E-state index in [1.165, 1.54) is 10.7 Å². The summed E-state index contributed by atoms with van der Waals surface area (Å²) in [5.41, 5.74) is 2.52. The second-order valence-corrected chi connectivity index (χ2v) is 5.94. The molecule has 3 aromatic heterocycles. The number of rotatable bonds is 3. The minimum absolute atomic E-state index is 0.0256. The fourth-order valence-electron chi connectivity index (χ4n) is 2.76. The first-order valence-electron chi connectivity index (χ1n) is 7.86. The molecule has 0 radical (unpaired) electrons. The monoisotopic (exact) mass is 336 g/mol. The lowest BCUT2D eigenvalue weighted by Crippen LogP contribution is -2.33. The topological polar surface area (TPSA) is 108 Å². The van der Waals surface area contributed by atoms with Crippen LogP contribution in [0, 0.1) is 6.92 Å². The van der Waals surface area contributed by atoms with E-state index >= 15 is 0 Å². The Labute approximate surface area is 141 Å². The normalized spacial score (nSPS) is 12.6. The van der Waals surface area contributed by atoms with E-state index in [1.54, 1.807) is 13.0 Å². The maximum absolute atomic E-state index is 12.5. The van der Waals surface area contributed by atoms with Crippen LogP contribution >= 0.6 is 0 Å². The van der Waals surface area contributed by atoms with Crippen LogP contribution in [0.2, 0.25) is 0 Å². The van der Waals surface area contributed by atoms with E-state index in [4.69, 9.17) is 0 Å². The molecule has 4 aromatic rings. The van der Waals surface area contributed by atoms with E-state index < -0.39 is 11.5 Å².